The van der Waals surface area contributed by atoms with E-state index in [0.717, 1.165) is 32.7 Å². The molecule has 0 unspecified atom stereocenters. The highest BCUT2D eigenvalue weighted by atomic mass is 79.9. The van der Waals surface area contributed by atoms with Gasteiger partial charge in [0.05, 0.1) is 17.4 Å². The molecule has 0 saturated heterocycles. The minimum absolute atomic E-state index is 0.187. The number of aryl methyl sites for hydroxylation is 2. The van der Waals surface area contributed by atoms with E-state index in [2.05, 4.69) is 31.5 Å². The first-order chi connectivity index (χ1) is 12.0. The summed E-state index contributed by atoms with van der Waals surface area (Å²) in [6.07, 6.45) is 3.26. The molecule has 1 heterocycles. The van der Waals surface area contributed by atoms with Crippen LogP contribution in [0.15, 0.2) is 65.4 Å². The zero-order valence-corrected chi connectivity index (χ0v) is 15.6. The van der Waals surface area contributed by atoms with Crippen molar-refractivity contribution in [3.63, 3.8) is 0 Å². The molecule has 4 nitrogen and oxygen atoms in total. The summed E-state index contributed by atoms with van der Waals surface area (Å²) in [5.74, 6) is -0.187. The van der Waals surface area contributed by atoms with E-state index in [1.54, 1.807) is 18.5 Å². The Morgan fingerprint density at radius 1 is 0.960 bits per heavy atom. The molecule has 126 valence electrons. The molecule has 1 aromatic heterocycles. The van der Waals surface area contributed by atoms with Gasteiger partial charge >= 0.3 is 0 Å². The van der Waals surface area contributed by atoms with E-state index in [9.17, 15) is 4.79 Å². The van der Waals surface area contributed by atoms with Crippen molar-refractivity contribution in [2.24, 2.45) is 0 Å². The molecule has 0 spiro atoms. The second-order valence-corrected chi connectivity index (χ2v) is 6.78. The maximum Gasteiger partial charge on any atom is 0.257 e. The van der Waals surface area contributed by atoms with E-state index in [4.69, 9.17) is 0 Å². The first-order valence-electron chi connectivity index (χ1n) is 7.87. The number of nitrogens with zero attached hydrogens (tertiary/aromatic N) is 1. The first kappa shape index (κ1) is 17.2. The molecule has 2 N–H and O–H groups in total. The van der Waals surface area contributed by atoms with E-state index in [1.165, 1.54) is 0 Å². The quantitative estimate of drug-likeness (QED) is 0.616. The molecular weight excluding hydrogens is 378 g/mol. The highest BCUT2D eigenvalue weighted by Gasteiger charge is 2.08. The third-order valence-corrected chi connectivity index (χ3v) is 4.27. The Morgan fingerprint density at radius 2 is 1.72 bits per heavy atom. The van der Waals surface area contributed by atoms with Crippen molar-refractivity contribution in [2.45, 2.75) is 13.8 Å². The molecule has 2 aromatic carbocycles. The number of halogens is 1. The van der Waals surface area contributed by atoms with Gasteiger partial charge in [-0.3, -0.25) is 9.78 Å². The molecule has 25 heavy (non-hydrogen) atoms. The maximum absolute atomic E-state index is 12.4. The van der Waals surface area contributed by atoms with Crippen molar-refractivity contribution in [3.05, 3.63) is 82.1 Å². The number of carbonyl (C=O) groups is 1. The van der Waals surface area contributed by atoms with E-state index >= 15 is 0 Å². The molecular formula is C20H18BrN3O. The Labute approximate surface area is 155 Å². The minimum atomic E-state index is -0.187. The summed E-state index contributed by atoms with van der Waals surface area (Å²) in [6.45, 7) is 4.03. The highest BCUT2D eigenvalue weighted by molar-refractivity contribution is 9.10. The topological polar surface area (TPSA) is 54.0 Å². The summed E-state index contributed by atoms with van der Waals surface area (Å²) in [5.41, 5.74) is 5.25. The standard InChI is InChI=1S/C20H18BrN3O/c1-13-3-6-17(7-4-13)24-20(25)15-10-18(12-22-11-15)23-19-8-5-16(21)9-14(19)2/h3-12,23H,1-2H3,(H,24,25). The second-order valence-electron chi connectivity index (χ2n) is 5.87. The van der Waals surface area contributed by atoms with Gasteiger partial charge in [-0.25, -0.2) is 0 Å². The van der Waals surface area contributed by atoms with Crippen LogP contribution in [0, 0.1) is 13.8 Å². The lowest BCUT2D eigenvalue weighted by molar-refractivity contribution is 0.102. The smallest absolute Gasteiger partial charge is 0.257 e. The first-order valence-corrected chi connectivity index (χ1v) is 8.67. The van der Waals surface area contributed by atoms with E-state index < -0.39 is 0 Å². The number of aromatic nitrogens is 1. The normalized spacial score (nSPS) is 10.4. The van der Waals surface area contributed by atoms with Crippen molar-refractivity contribution >= 4 is 38.9 Å². The van der Waals surface area contributed by atoms with Crippen LogP contribution in [0.3, 0.4) is 0 Å². The fourth-order valence-electron chi connectivity index (χ4n) is 2.40. The average Bonchev–Trinajstić information content (AvgIpc) is 2.60. The number of hydrogen-bond donors (Lipinski definition) is 2. The van der Waals surface area contributed by atoms with Crippen molar-refractivity contribution in [3.8, 4) is 0 Å². The van der Waals surface area contributed by atoms with Crippen LogP contribution < -0.4 is 10.6 Å². The lowest BCUT2D eigenvalue weighted by Crippen LogP contribution is -2.12. The molecule has 0 aliphatic rings. The molecule has 5 heteroatoms. The fourth-order valence-corrected chi connectivity index (χ4v) is 2.87. The number of benzene rings is 2. The summed E-state index contributed by atoms with van der Waals surface area (Å²) in [7, 11) is 0. The van der Waals surface area contributed by atoms with Gasteiger partial charge in [0.15, 0.2) is 0 Å². The fraction of sp³-hybridized carbons (Fsp3) is 0.100. The lowest BCUT2D eigenvalue weighted by atomic mass is 10.2. The molecule has 0 bridgehead atoms. The Kier molecular flexibility index (Phi) is 5.14. The third kappa shape index (κ3) is 4.45. The summed E-state index contributed by atoms with van der Waals surface area (Å²) in [4.78, 5) is 16.6. The van der Waals surface area contributed by atoms with Gasteiger partial charge < -0.3 is 10.6 Å². The van der Waals surface area contributed by atoms with E-state index in [0.29, 0.717) is 5.56 Å². The molecule has 0 aliphatic heterocycles. The second kappa shape index (κ2) is 7.49. The van der Waals surface area contributed by atoms with Crippen LogP contribution in [0.1, 0.15) is 21.5 Å². The van der Waals surface area contributed by atoms with Crippen molar-refractivity contribution in [1.82, 2.24) is 4.98 Å². The Morgan fingerprint density at radius 3 is 2.44 bits per heavy atom. The molecule has 1 amide bonds. The number of carbonyl (C=O) groups excluding carboxylic acids is 1. The Balaban J connectivity index is 1.76. The van der Waals surface area contributed by atoms with Crippen LogP contribution in [-0.4, -0.2) is 10.9 Å². The number of hydrogen-bond acceptors (Lipinski definition) is 3. The average molecular weight is 396 g/mol. The van der Waals surface area contributed by atoms with Crippen LogP contribution in [0.4, 0.5) is 17.1 Å². The largest absolute Gasteiger partial charge is 0.354 e. The monoisotopic (exact) mass is 395 g/mol. The number of rotatable bonds is 4. The minimum Gasteiger partial charge on any atom is -0.354 e. The van der Waals surface area contributed by atoms with Gasteiger partial charge in [-0.1, -0.05) is 33.6 Å². The van der Waals surface area contributed by atoms with Gasteiger partial charge in [0.1, 0.15) is 0 Å². The summed E-state index contributed by atoms with van der Waals surface area (Å²) >= 11 is 3.46. The number of anilines is 3. The SMILES string of the molecule is Cc1ccc(NC(=O)c2cncc(Nc3ccc(Br)cc3C)c2)cc1. The summed E-state index contributed by atoms with van der Waals surface area (Å²) in [6, 6.07) is 15.5. The predicted molar refractivity (Wildman–Crippen MR) is 106 cm³/mol. The van der Waals surface area contributed by atoms with Crippen molar-refractivity contribution in [1.29, 1.82) is 0 Å². The van der Waals surface area contributed by atoms with Gasteiger partial charge in [0, 0.05) is 22.0 Å². The molecule has 3 aromatic rings. The Hall–Kier alpha value is -2.66. The van der Waals surface area contributed by atoms with Gasteiger partial charge in [-0.15, -0.1) is 0 Å². The van der Waals surface area contributed by atoms with Gasteiger partial charge in [0.25, 0.3) is 5.91 Å². The van der Waals surface area contributed by atoms with Gasteiger partial charge in [0.2, 0.25) is 0 Å². The molecule has 0 atom stereocenters. The zero-order valence-electron chi connectivity index (χ0n) is 14.0. The van der Waals surface area contributed by atoms with Gasteiger partial charge in [-0.05, 0) is 55.8 Å². The number of nitrogens with one attached hydrogen (secondary N) is 2. The van der Waals surface area contributed by atoms with Crippen LogP contribution in [-0.2, 0) is 0 Å². The zero-order chi connectivity index (χ0) is 17.8. The molecule has 0 fully saturated rings. The molecule has 0 saturated carbocycles. The number of pyridine rings is 1. The van der Waals surface area contributed by atoms with Crippen LogP contribution in [0.25, 0.3) is 0 Å². The molecule has 0 radical (unpaired) electrons. The van der Waals surface area contributed by atoms with Crippen LogP contribution in [0.2, 0.25) is 0 Å². The summed E-state index contributed by atoms with van der Waals surface area (Å²) in [5, 5.41) is 6.19. The molecule has 0 aliphatic carbocycles. The van der Waals surface area contributed by atoms with E-state index in [1.807, 2.05) is 56.3 Å². The van der Waals surface area contributed by atoms with E-state index in [-0.39, 0.29) is 5.91 Å². The molecule has 3 rings (SSSR count). The Bertz CT molecular complexity index is 907. The van der Waals surface area contributed by atoms with Crippen molar-refractivity contribution < 1.29 is 4.79 Å². The third-order valence-electron chi connectivity index (χ3n) is 3.78. The van der Waals surface area contributed by atoms with Crippen LogP contribution in [0.5, 0.6) is 0 Å². The van der Waals surface area contributed by atoms with Crippen molar-refractivity contribution in [2.75, 3.05) is 10.6 Å². The van der Waals surface area contributed by atoms with Crippen LogP contribution >= 0.6 is 15.9 Å². The lowest BCUT2D eigenvalue weighted by Gasteiger charge is -2.11. The number of amides is 1. The highest BCUT2D eigenvalue weighted by Crippen LogP contribution is 2.24. The van der Waals surface area contributed by atoms with Gasteiger partial charge in [-0.2, -0.15) is 0 Å². The maximum atomic E-state index is 12.4. The predicted octanol–water partition coefficient (Wildman–Crippen LogP) is 5.46. The summed E-state index contributed by atoms with van der Waals surface area (Å²) < 4.78 is 1.03.